The largest absolute Gasteiger partial charge is 0.497 e. The number of hydrogen-bond acceptors (Lipinski definition) is 9. The number of rotatable bonds is 6. The van der Waals surface area contributed by atoms with Gasteiger partial charge in [0.05, 0.1) is 53.2 Å². The number of carbonyl (C=O) groups excluding carboxylic acids is 1. The lowest BCUT2D eigenvalue weighted by Gasteiger charge is -2.26. The molecule has 0 radical (unpaired) electrons. The molecule has 2 aliphatic heterocycles. The molecule has 2 aromatic heterocycles. The Balaban J connectivity index is 1.62. The highest BCUT2D eigenvalue weighted by Gasteiger charge is 2.33. The third kappa shape index (κ3) is 4.90. The van der Waals surface area contributed by atoms with E-state index in [1.807, 2.05) is 18.2 Å². The van der Waals surface area contributed by atoms with Gasteiger partial charge in [-0.15, -0.1) is 0 Å². The highest BCUT2D eigenvalue weighted by atomic mass is 79.9. The minimum absolute atomic E-state index is 0.216. The fourth-order valence-electron chi connectivity index (χ4n) is 4.45. The summed E-state index contributed by atoms with van der Waals surface area (Å²) in [6, 6.07) is 8.45. The molecule has 37 heavy (non-hydrogen) atoms. The fraction of sp³-hybridized carbons (Fsp3) is 0.346. The third-order valence-electron chi connectivity index (χ3n) is 6.21. The summed E-state index contributed by atoms with van der Waals surface area (Å²) >= 11 is 4.83. The number of aromatic nitrogens is 1. The molecule has 0 aliphatic carbocycles. The summed E-state index contributed by atoms with van der Waals surface area (Å²) in [5.41, 5.74) is 1.34. The number of fused-ring (bicyclic) bond motifs is 1. The van der Waals surface area contributed by atoms with E-state index < -0.39 is 12.0 Å². The summed E-state index contributed by atoms with van der Waals surface area (Å²) in [5, 5.41) is 0. The molecule has 2 aliphatic rings. The average Bonchev–Trinajstić information content (AvgIpc) is 3.42. The SMILES string of the molecule is CCOC(=O)C1=C(C)N=c2s/c(=C/c3cc(Br)c(N4CCOCC4)o3)c(=O)n2[C@@H]1c1ccc(OC)cc1. The second kappa shape index (κ2) is 10.7. The van der Waals surface area contributed by atoms with Crippen LogP contribution in [0.4, 0.5) is 5.88 Å². The van der Waals surface area contributed by atoms with Crippen LogP contribution in [0.1, 0.15) is 31.2 Å². The second-order valence-electron chi connectivity index (χ2n) is 8.48. The number of morpholine rings is 1. The number of benzene rings is 1. The first kappa shape index (κ1) is 25.5. The molecule has 4 heterocycles. The lowest BCUT2D eigenvalue weighted by Crippen LogP contribution is -2.39. The van der Waals surface area contributed by atoms with Crippen LogP contribution in [0.2, 0.25) is 0 Å². The van der Waals surface area contributed by atoms with Crippen molar-refractivity contribution >= 4 is 45.2 Å². The first-order valence-electron chi connectivity index (χ1n) is 11.9. The molecular weight excluding hydrogens is 562 g/mol. The van der Waals surface area contributed by atoms with E-state index in [9.17, 15) is 9.59 Å². The van der Waals surface area contributed by atoms with Crippen LogP contribution in [-0.4, -0.2) is 50.6 Å². The van der Waals surface area contributed by atoms with Gasteiger partial charge in [-0.2, -0.15) is 0 Å². The van der Waals surface area contributed by atoms with Crippen LogP contribution in [0, 0.1) is 0 Å². The molecule has 194 valence electrons. The molecule has 0 N–H and O–H groups in total. The summed E-state index contributed by atoms with van der Waals surface area (Å²) < 4.78 is 25.0. The van der Waals surface area contributed by atoms with Crippen LogP contribution in [0.3, 0.4) is 0 Å². The molecule has 11 heteroatoms. The molecule has 1 fully saturated rings. The third-order valence-corrected chi connectivity index (χ3v) is 7.76. The van der Waals surface area contributed by atoms with E-state index in [0.717, 1.165) is 23.1 Å². The zero-order valence-corrected chi connectivity index (χ0v) is 23.1. The highest BCUT2D eigenvalue weighted by Crippen LogP contribution is 2.33. The van der Waals surface area contributed by atoms with Crippen molar-refractivity contribution in [2.24, 2.45) is 4.99 Å². The Labute approximate surface area is 225 Å². The van der Waals surface area contributed by atoms with Crippen molar-refractivity contribution in [3.8, 4) is 5.75 Å². The van der Waals surface area contributed by atoms with Gasteiger partial charge in [-0.1, -0.05) is 23.5 Å². The minimum atomic E-state index is -0.685. The van der Waals surface area contributed by atoms with Gasteiger partial charge in [0, 0.05) is 25.2 Å². The summed E-state index contributed by atoms with van der Waals surface area (Å²) in [7, 11) is 1.59. The van der Waals surface area contributed by atoms with Crippen molar-refractivity contribution in [1.29, 1.82) is 0 Å². The lowest BCUT2D eigenvalue weighted by molar-refractivity contribution is -0.139. The van der Waals surface area contributed by atoms with Crippen molar-refractivity contribution in [3.63, 3.8) is 0 Å². The van der Waals surface area contributed by atoms with Crippen LogP contribution in [-0.2, 0) is 14.3 Å². The smallest absolute Gasteiger partial charge is 0.338 e. The summed E-state index contributed by atoms with van der Waals surface area (Å²) in [5.74, 6) is 1.43. The quantitative estimate of drug-likeness (QED) is 0.409. The summed E-state index contributed by atoms with van der Waals surface area (Å²) in [6.07, 6.45) is 1.72. The Kier molecular flexibility index (Phi) is 7.36. The zero-order valence-electron chi connectivity index (χ0n) is 20.7. The maximum Gasteiger partial charge on any atom is 0.338 e. The topological polar surface area (TPSA) is 95.5 Å². The monoisotopic (exact) mass is 587 g/mol. The number of thiazole rings is 1. The predicted octanol–water partition coefficient (Wildman–Crippen LogP) is 3.00. The summed E-state index contributed by atoms with van der Waals surface area (Å²) in [4.78, 5) is 34.0. The van der Waals surface area contributed by atoms with Gasteiger partial charge in [0.25, 0.3) is 5.56 Å². The van der Waals surface area contributed by atoms with Crippen molar-refractivity contribution < 1.29 is 23.4 Å². The van der Waals surface area contributed by atoms with Gasteiger partial charge in [0.2, 0.25) is 5.88 Å². The van der Waals surface area contributed by atoms with E-state index in [-0.39, 0.29) is 12.2 Å². The standard InChI is InChI=1S/C26H26BrN3O6S/c1-4-35-25(32)21-15(2)28-26-30(22(21)16-5-7-17(33-3)8-6-16)23(31)20(37-26)14-18-13-19(27)24(36-18)29-9-11-34-12-10-29/h5-8,13-14,22H,4,9-12H2,1-3H3/b20-14+/t22-/m1/s1. The Bertz CT molecular complexity index is 1530. The maximum atomic E-state index is 13.8. The first-order valence-corrected chi connectivity index (χ1v) is 13.5. The van der Waals surface area contributed by atoms with Gasteiger partial charge in [-0.05, 0) is 47.5 Å². The Morgan fingerprint density at radius 3 is 2.68 bits per heavy atom. The normalized spacial score (nSPS) is 18.0. The number of furan rings is 1. The minimum Gasteiger partial charge on any atom is -0.497 e. The van der Waals surface area contributed by atoms with E-state index in [0.29, 0.717) is 51.2 Å². The molecule has 9 nitrogen and oxygen atoms in total. The van der Waals surface area contributed by atoms with Crippen molar-refractivity contribution in [2.45, 2.75) is 19.9 Å². The van der Waals surface area contributed by atoms with E-state index in [1.54, 1.807) is 43.7 Å². The lowest BCUT2D eigenvalue weighted by atomic mass is 9.96. The molecule has 5 rings (SSSR count). The molecule has 1 atom stereocenters. The molecular formula is C26H26BrN3O6S. The average molecular weight is 588 g/mol. The molecule has 0 unspecified atom stereocenters. The van der Waals surface area contributed by atoms with E-state index in [1.165, 1.54) is 11.3 Å². The molecule has 0 amide bonds. The molecule has 0 bridgehead atoms. The number of hydrogen-bond donors (Lipinski definition) is 0. The molecule has 0 spiro atoms. The Hall–Kier alpha value is -3.15. The van der Waals surface area contributed by atoms with Gasteiger partial charge in [0.15, 0.2) is 4.80 Å². The fourth-order valence-corrected chi connectivity index (χ4v) is 6.04. The van der Waals surface area contributed by atoms with Crippen molar-refractivity contribution in [3.05, 3.63) is 77.1 Å². The molecule has 3 aromatic rings. The van der Waals surface area contributed by atoms with Crippen molar-refractivity contribution in [1.82, 2.24) is 4.57 Å². The number of nitrogens with zero attached hydrogens (tertiary/aromatic N) is 3. The van der Waals surface area contributed by atoms with Gasteiger partial charge < -0.3 is 23.5 Å². The maximum absolute atomic E-state index is 13.8. The predicted molar refractivity (Wildman–Crippen MR) is 143 cm³/mol. The van der Waals surface area contributed by atoms with Gasteiger partial charge >= 0.3 is 5.97 Å². The van der Waals surface area contributed by atoms with Crippen LogP contribution < -0.4 is 24.5 Å². The summed E-state index contributed by atoms with van der Waals surface area (Å²) in [6.45, 7) is 6.45. The Morgan fingerprint density at radius 1 is 1.27 bits per heavy atom. The number of anilines is 1. The number of esters is 1. The van der Waals surface area contributed by atoms with E-state index in [4.69, 9.17) is 18.6 Å². The van der Waals surface area contributed by atoms with Gasteiger partial charge in [0.1, 0.15) is 11.5 Å². The van der Waals surface area contributed by atoms with Crippen LogP contribution >= 0.6 is 27.3 Å². The number of methoxy groups -OCH3 is 1. The molecule has 0 saturated carbocycles. The number of allylic oxidation sites excluding steroid dienone is 1. The second-order valence-corrected chi connectivity index (χ2v) is 10.3. The zero-order chi connectivity index (χ0) is 26.1. The first-order chi connectivity index (χ1) is 17.9. The molecule has 1 aromatic carbocycles. The number of carbonyl (C=O) groups is 1. The molecule has 1 saturated heterocycles. The van der Waals surface area contributed by atoms with E-state index >= 15 is 0 Å². The van der Waals surface area contributed by atoms with Crippen molar-refractivity contribution in [2.75, 3.05) is 44.9 Å². The Morgan fingerprint density at radius 2 is 2.00 bits per heavy atom. The van der Waals surface area contributed by atoms with Crippen LogP contribution in [0.25, 0.3) is 6.08 Å². The van der Waals surface area contributed by atoms with Crippen LogP contribution in [0.5, 0.6) is 5.75 Å². The highest BCUT2D eigenvalue weighted by molar-refractivity contribution is 9.10. The van der Waals surface area contributed by atoms with Gasteiger partial charge in [-0.25, -0.2) is 9.79 Å². The van der Waals surface area contributed by atoms with Gasteiger partial charge in [-0.3, -0.25) is 9.36 Å². The van der Waals surface area contributed by atoms with Crippen LogP contribution in [0.15, 0.2) is 60.3 Å². The number of ether oxygens (including phenoxy) is 3. The van der Waals surface area contributed by atoms with E-state index in [2.05, 4.69) is 25.8 Å². The number of halogens is 1.